The van der Waals surface area contributed by atoms with Crippen molar-refractivity contribution in [3.63, 3.8) is 0 Å². The summed E-state index contributed by atoms with van der Waals surface area (Å²) in [5.74, 6) is -0.924. The maximum Gasteiger partial charge on any atom is 0.338 e. The summed E-state index contributed by atoms with van der Waals surface area (Å²) in [7, 11) is 0. The summed E-state index contributed by atoms with van der Waals surface area (Å²) in [5.41, 5.74) is 3.28. The number of aliphatic hydroxyl groups is 1. The van der Waals surface area contributed by atoms with Gasteiger partial charge in [0, 0.05) is 0 Å². The second-order valence-electron chi connectivity index (χ2n) is 5.82. The maximum atomic E-state index is 12.0. The maximum absolute atomic E-state index is 12.0. The lowest BCUT2D eigenvalue weighted by Crippen LogP contribution is -2.31. The molecular weight excluding hydrogens is 318 g/mol. The molecule has 132 valence electrons. The highest BCUT2D eigenvalue weighted by atomic mass is 16.5. The number of hydrogen-bond acceptors (Lipinski definition) is 4. The van der Waals surface area contributed by atoms with Crippen LogP contribution in [0.15, 0.2) is 48.5 Å². The first-order chi connectivity index (χ1) is 12.0. The minimum atomic E-state index is -0.570. The smallest absolute Gasteiger partial charge is 0.338 e. The van der Waals surface area contributed by atoms with Crippen LogP contribution in [0.3, 0.4) is 0 Å². The van der Waals surface area contributed by atoms with E-state index in [4.69, 9.17) is 9.84 Å². The van der Waals surface area contributed by atoms with Crippen LogP contribution in [-0.2, 0) is 22.6 Å². The van der Waals surface area contributed by atoms with Gasteiger partial charge in [-0.25, -0.2) is 4.79 Å². The van der Waals surface area contributed by atoms with Gasteiger partial charge in [0.1, 0.15) is 0 Å². The van der Waals surface area contributed by atoms with Gasteiger partial charge in [-0.15, -0.1) is 0 Å². The number of nitrogens with one attached hydrogen (secondary N) is 1. The van der Waals surface area contributed by atoms with Crippen LogP contribution in [0, 0.1) is 0 Å². The van der Waals surface area contributed by atoms with Crippen LogP contribution in [0.4, 0.5) is 0 Å². The molecule has 0 heterocycles. The molecule has 1 atom stereocenters. The predicted molar refractivity (Wildman–Crippen MR) is 95.0 cm³/mol. The van der Waals surface area contributed by atoms with Crippen LogP contribution in [0.2, 0.25) is 0 Å². The van der Waals surface area contributed by atoms with Gasteiger partial charge in [0.2, 0.25) is 0 Å². The van der Waals surface area contributed by atoms with Crippen molar-refractivity contribution in [2.24, 2.45) is 0 Å². The highest BCUT2D eigenvalue weighted by molar-refractivity contribution is 5.91. The van der Waals surface area contributed by atoms with Crippen molar-refractivity contribution in [2.45, 2.75) is 32.9 Å². The number of benzene rings is 2. The number of ether oxygens (including phenoxy) is 1. The number of rotatable bonds is 7. The van der Waals surface area contributed by atoms with Gasteiger partial charge in [0.15, 0.2) is 6.61 Å². The van der Waals surface area contributed by atoms with E-state index >= 15 is 0 Å². The molecule has 5 nitrogen and oxygen atoms in total. The number of esters is 1. The fraction of sp³-hybridized carbons (Fsp3) is 0.300. The molecule has 0 unspecified atom stereocenters. The quantitative estimate of drug-likeness (QED) is 0.759. The van der Waals surface area contributed by atoms with Gasteiger partial charge in [0.05, 0.1) is 18.2 Å². The van der Waals surface area contributed by atoms with Gasteiger partial charge < -0.3 is 15.2 Å². The molecular formula is C20H23NO4. The molecule has 0 spiro atoms. The van der Waals surface area contributed by atoms with Crippen LogP contribution in [-0.4, -0.2) is 23.6 Å². The van der Waals surface area contributed by atoms with E-state index in [-0.39, 0.29) is 25.2 Å². The Morgan fingerprint density at radius 1 is 1.04 bits per heavy atom. The second kappa shape index (κ2) is 8.99. The van der Waals surface area contributed by atoms with E-state index in [0.717, 1.165) is 12.0 Å². The van der Waals surface area contributed by atoms with Crippen LogP contribution in [0.5, 0.6) is 0 Å². The van der Waals surface area contributed by atoms with Crippen LogP contribution >= 0.6 is 0 Å². The fourth-order valence-corrected chi connectivity index (χ4v) is 2.37. The van der Waals surface area contributed by atoms with Gasteiger partial charge in [-0.3, -0.25) is 4.79 Å². The second-order valence-corrected chi connectivity index (χ2v) is 5.82. The van der Waals surface area contributed by atoms with Crippen molar-refractivity contribution in [3.05, 3.63) is 70.8 Å². The Morgan fingerprint density at radius 2 is 1.64 bits per heavy atom. The highest BCUT2D eigenvalue weighted by Crippen LogP contribution is 2.13. The summed E-state index contributed by atoms with van der Waals surface area (Å²) in [6.45, 7) is 3.55. The van der Waals surface area contributed by atoms with Crippen LogP contribution in [0.1, 0.15) is 46.9 Å². The fourth-order valence-electron chi connectivity index (χ4n) is 2.37. The molecule has 0 aromatic heterocycles. The highest BCUT2D eigenvalue weighted by Gasteiger charge is 2.13. The first kappa shape index (κ1) is 18.7. The van der Waals surface area contributed by atoms with Gasteiger partial charge >= 0.3 is 5.97 Å². The van der Waals surface area contributed by atoms with E-state index in [1.165, 1.54) is 5.56 Å². The molecule has 0 aliphatic heterocycles. The number of aliphatic hydroxyl groups excluding tert-OH is 1. The Labute approximate surface area is 147 Å². The number of carbonyl (C=O) groups excluding carboxylic acids is 2. The van der Waals surface area contributed by atoms with Crippen molar-refractivity contribution in [3.8, 4) is 0 Å². The van der Waals surface area contributed by atoms with Gasteiger partial charge in [-0.1, -0.05) is 43.3 Å². The first-order valence-corrected chi connectivity index (χ1v) is 8.28. The molecule has 5 heteroatoms. The molecule has 0 bridgehead atoms. The zero-order valence-electron chi connectivity index (χ0n) is 14.5. The largest absolute Gasteiger partial charge is 0.452 e. The first-order valence-electron chi connectivity index (χ1n) is 8.28. The average molecular weight is 341 g/mol. The molecule has 2 aromatic rings. The third kappa shape index (κ3) is 5.43. The summed E-state index contributed by atoms with van der Waals surface area (Å²) >= 11 is 0. The Kier molecular flexibility index (Phi) is 6.71. The number of amides is 1. The zero-order valence-corrected chi connectivity index (χ0v) is 14.5. The van der Waals surface area contributed by atoms with Crippen molar-refractivity contribution >= 4 is 11.9 Å². The molecule has 25 heavy (non-hydrogen) atoms. The summed E-state index contributed by atoms with van der Waals surface area (Å²) in [5, 5.41) is 11.8. The van der Waals surface area contributed by atoms with Crippen molar-refractivity contribution in [1.82, 2.24) is 5.32 Å². The normalized spacial score (nSPS) is 11.6. The number of aryl methyl sites for hydroxylation is 1. The molecule has 0 radical (unpaired) electrons. The van der Waals surface area contributed by atoms with Crippen LogP contribution < -0.4 is 5.32 Å². The minimum absolute atomic E-state index is 0.0884. The third-order valence-corrected chi connectivity index (χ3v) is 3.97. The molecule has 0 saturated heterocycles. The van der Waals surface area contributed by atoms with E-state index in [1.54, 1.807) is 24.3 Å². The van der Waals surface area contributed by atoms with E-state index < -0.39 is 5.97 Å². The summed E-state index contributed by atoms with van der Waals surface area (Å²) < 4.78 is 5.02. The predicted octanol–water partition coefficient (Wildman–Crippen LogP) is 2.78. The minimum Gasteiger partial charge on any atom is -0.452 e. The lowest BCUT2D eigenvalue weighted by atomic mass is 10.1. The number of carbonyl (C=O) groups is 2. The van der Waals surface area contributed by atoms with Gasteiger partial charge in [0.25, 0.3) is 5.91 Å². The number of hydrogen-bond donors (Lipinski definition) is 2. The van der Waals surface area contributed by atoms with E-state index in [1.807, 2.05) is 31.2 Å². The Morgan fingerprint density at radius 3 is 2.20 bits per heavy atom. The van der Waals surface area contributed by atoms with Crippen molar-refractivity contribution in [1.29, 1.82) is 0 Å². The zero-order chi connectivity index (χ0) is 18.2. The van der Waals surface area contributed by atoms with Gasteiger partial charge in [-0.05, 0) is 42.2 Å². The van der Waals surface area contributed by atoms with E-state index in [2.05, 4.69) is 12.2 Å². The Bertz CT molecular complexity index is 707. The third-order valence-electron chi connectivity index (χ3n) is 3.97. The summed E-state index contributed by atoms with van der Waals surface area (Å²) in [4.78, 5) is 23.9. The lowest BCUT2D eigenvalue weighted by molar-refractivity contribution is -0.124. The van der Waals surface area contributed by atoms with Crippen molar-refractivity contribution < 1.29 is 19.4 Å². The summed E-state index contributed by atoms with van der Waals surface area (Å²) in [6, 6.07) is 14.3. The topological polar surface area (TPSA) is 75.6 Å². The standard InChI is InChI=1S/C20H23NO4/c1-3-15-4-8-17(9-5-15)14(2)21-19(23)13-25-20(24)18-10-6-16(12-22)7-11-18/h4-11,14,22H,3,12-13H2,1-2H3,(H,21,23)/t14-/m1/s1. The van der Waals surface area contributed by atoms with Gasteiger partial charge in [-0.2, -0.15) is 0 Å². The SMILES string of the molecule is CCc1ccc([C@@H](C)NC(=O)COC(=O)c2ccc(CO)cc2)cc1. The Balaban J connectivity index is 1.83. The molecule has 0 saturated carbocycles. The van der Waals surface area contributed by atoms with Crippen LogP contribution in [0.25, 0.3) is 0 Å². The molecule has 1 amide bonds. The molecule has 0 fully saturated rings. The lowest BCUT2D eigenvalue weighted by Gasteiger charge is -2.15. The average Bonchev–Trinajstić information content (AvgIpc) is 2.66. The summed E-state index contributed by atoms with van der Waals surface area (Å²) in [6.07, 6.45) is 0.969. The van der Waals surface area contributed by atoms with E-state index in [9.17, 15) is 9.59 Å². The van der Waals surface area contributed by atoms with Crippen molar-refractivity contribution in [2.75, 3.05) is 6.61 Å². The monoisotopic (exact) mass is 341 g/mol. The molecule has 0 aliphatic carbocycles. The molecule has 2 rings (SSSR count). The van der Waals surface area contributed by atoms with E-state index in [0.29, 0.717) is 11.1 Å². The Hall–Kier alpha value is -2.66. The molecule has 2 N–H and O–H groups in total. The molecule has 0 aliphatic rings. The molecule has 2 aromatic carbocycles.